The van der Waals surface area contributed by atoms with E-state index in [4.69, 9.17) is 4.42 Å². The van der Waals surface area contributed by atoms with E-state index in [9.17, 15) is 0 Å². The summed E-state index contributed by atoms with van der Waals surface area (Å²) in [6.07, 6.45) is 2.86. The fourth-order valence-electron chi connectivity index (χ4n) is 1.98. The van der Waals surface area contributed by atoms with Gasteiger partial charge in [-0.2, -0.15) is 0 Å². The normalized spacial score (nSPS) is 13.0. The Balaban J connectivity index is 1.60. The molecule has 4 heteroatoms. The van der Waals surface area contributed by atoms with Crippen molar-refractivity contribution in [2.75, 3.05) is 26.7 Å². The maximum absolute atomic E-state index is 5.37. The molecule has 104 valence electrons. The van der Waals surface area contributed by atoms with Crippen LogP contribution in [0.15, 0.2) is 40.3 Å². The van der Waals surface area contributed by atoms with Gasteiger partial charge in [0, 0.05) is 24.5 Å². The third kappa shape index (κ3) is 4.82. The SMILES string of the molecule is CC(NCCN(C)CCc1cccs1)c1ccco1. The molecule has 0 aromatic carbocycles. The van der Waals surface area contributed by atoms with E-state index in [1.165, 1.54) is 4.88 Å². The number of nitrogens with one attached hydrogen (secondary N) is 1. The second-order valence-corrected chi connectivity index (χ2v) is 5.86. The number of hydrogen-bond acceptors (Lipinski definition) is 4. The molecule has 1 N–H and O–H groups in total. The van der Waals surface area contributed by atoms with Crippen LogP contribution in [0.2, 0.25) is 0 Å². The first-order valence-electron chi connectivity index (χ1n) is 6.73. The van der Waals surface area contributed by atoms with Gasteiger partial charge in [-0.15, -0.1) is 11.3 Å². The molecule has 1 unspecified atom stereocenters. The number of likely N-dealkylation sites (N-methyl/N-ethyl adjacent to an activating group) is 1. The van der Waals surface area contributed by atoms with Gasteiger partial charge >= 0.3 is 0 Å². The van der Waals surface area contributed by atoms with E-state index >= 15 is 0 Å². The Hall–Kier alpha value is -1.10. The van der Waals surface area contributed by atoms with E-state index in [0.29, 0.717) is 0 Å². The van der Waals surface area contributed by atoms with Crippen LogP contribution in [0.3, 0.4) is 0 Å². The average Bonchev–Trinajstić information content (AvgIpc) is 3.09. The lowest BCUT2D eigenvalue weighted by Gasteiger charge is -2.18. The van der Waals surface area contributed by atoms with E-state index in [2.05, 4.69) is 41.7 Å². The molecule has 2 aromatic rings. The van der Waals surface area contributed by atoms with Gasteiger partial charge in [0.15, 0.2) is 0 Å². The molecule has 0 saturated carbocycles. The predicted molar refractivity (Wildman–Crippen MR) is 80.6 cm³/mol. The standard InChI is InChI=1S/C15H22N2OS/c1-13(15-6-3-11-18-15)16-8-10-17(2)9-7-14-5-4-12-19-14/h3-6,11-13,16H,7-10H2,1-2H3. The van der Waals surface area contributed by atoms with Gasteiger partial charge in [-0.25, -0.2) is 0 Å². The third-order valence-electron chi connectivity index (χ3n) is 3.23. The molecule has 0 aliphatic carbocycles. The van der Waals surface area contributed by atoms with Gasteiger partial charge < -0.3 is 14.6 Å². The summed E-state index contributed by atoms with van der Waals surface area (Å²) in [6, 6.07) is 8.54. The summed E-state index contributed by atoms with van der Waals surface area (Å²) in [5.41, 5.74) is 0. The van der Waals surface area contributed by atoms with Crippen molar-refractivity contribution in [1.82, 2.24) is 10.2 Å². The molecule has 3 nitrogen and oxygen atoms in total. The molecule has 0 spiro atoms. The first-order chi connectivity index (χ1) is 9.25. The highest BCUT2D eigenvalue weighted by atomic mass is 32.1. The maximum atomic E-state index is 5.37. The van der Waals surface area contributed by atoms with Crippen molar-refractivity contribution in [2.24, 2.45) is 0 Å². The Morgan fingerprint density at radius 2 is 2.21 bits per heavy atom. The molecule has 2 heterocycles. The lowest BCUT2D eigenvalue weighted by atomic mass is 10.2. The van der Waals surface area contributed by atoms with Gasteiger partial charge in [0.05, 0.1) is 12.3 Å². The topological polar surface area (TPSA) is 28.4 Å². The van der Waals surface area contributed by atoms with Crippen molar-refractivity contribution in [3.05, 3.63) is 46.5 Å². The molecule has 0 fully saturated rings. The number of nitrogens with zero attached hydrogens (tertiary/aromatic N) is 1. The Bertz CT molecular complexity index is 439. The summed E-state index contributed by atoms with van der Waals surface area (Å²) in [4.78, 5) is 3.82. The Kier molecular flexibility index (Phi) is 5.63. The molecular formula is C15H22N2OS. The molecule has 0 aliphatic heterocycles. The van der Waals surface area contributed by atoms with Crippen molar-refractivity contribution in [1.29, 1.82) is 0 Å². The van der Waals surface area contributed by atoms with E-state index in [1.807, 2.05) is 23.5 Å². The summed E-state index contributed by atoms with van der Waals surface area (Å²) in [5.74, 6) is 1.00. The van der Waals surface area contributed by atoms with Gasteiger partial charge in [0.1, 0.15) is 5.76 Å². The van der Waals surface area contributed by atoms with Crippen LogP contribution in [0.25, 0.3) is 0 Å². The number of hydrogen-bond donors (Lipinski definition) is 1. The quantitative estimate of drug-likeness (QED) is 0.804. The molecule has 0 radical (unpaired) electrons. The largest absolute Gasteiger partial charge is 0.468 e. The highest BCUT2D eigenvalue weighted by molar-refractivity contribution is 7.09. The van der Waals surface area contributed by atoms with E-state index < -0.39 is 0 Å². The number of rotatable bonds is 8. The minimum Gasteiger partial charge on any atom is -0.468 e. The summed E-state index contributed by atoms with van der Waals surface area (Å²) in [6.45, 7) is 5.26. The first-order valence-corrected chi connectivity index (χ1v) is 7.61. The molecule has 2 rings (SSSR count). The molecule has 0 saturated heterocycles. The predicted octanol–water partition coefficient (Wildman–Crippen LogP) is 3.17. The summed E-state index contributed by atoms with van der Waals surface area (Å²) in [7, 11) is 2.17. The van der Waals surface area contributed by atoms with Crippen LogP contribution in [0, 0.1) is 0 Å². The van der Waals surface area contributed by atoms with Crippen LogP contribution < -0.4 is 5.32 Å². The maximum Gasteiger partial charge on any atom is 0.120 e. The summed E-state index contributed by atoms with van der Waals surface area (Å²) in [5, 5.41) is 5.62. The van der Waals surface area contributed by atoms with Gasteiger partial charge in [0.25, 0.3) is 0 Å². The van der Waals surface area contributed by atoms with E-state index in [1.54, 1.807) is 6.26 Å². The van der Waals surface area contributed by atoms with Crippen molar-refractivity contribution in [3.63, 3.8) is 0 Å². The van der Waals surface area contributed by atoms with Gasteiger partial charge in [-0.05, 0) is 44.0 Å². The van der Waals surface area contributed by atoms with Crippen LogP contribution >= 0.6 is 11.3 Å². The lowest BCUT2D eigenvalue weighted by molar-refractivity contribution is 0.323. The number of thiophene rings is 1. The highest BCUT2D eigenvalue weighted by Crippen LogP contribution is 2.12. The number of furan rings is 1. The Morgan fingerprint density at radius 3 is 2.89 bits per heavy atom. The molecule has 0 aliphatic rings. The van der Waals surface area contributed by atoms with Crippen LogP contribution in [-0.2, 0) is 6.42 Å². The van der Waals surface area contributed by atoms with E-state index in [0.717, 1.165) is 31.8 Å². The van der Waals surface area contributed by atoms with Gasteiger partial charge in [-0.3, -0.25) is 0 Å². The highest BCUT2D eigenvalue weighted by Gasteiger charge is 2.07. The van der Waals surface area contributed by atoms with Gasteiger partial charge in [0.2, 0.25) is 0 Å². The zero-order chi connectivity index (χ0) is 13.5. The monoisotopic (exact) mass is 278 g/mol. The molecular weight excluding hydrogens is 256 g/mol. The third-order valence-corrected chi connectivity index (χ3v) is 4.17. The fraction of sp³-hybridized carbons (Fsp3) is 0.467. The summed E-state index contributed by atoms with van der Waals surface area (Å²) >= 11 is 1.84. The zero-order valence-electron chi connectivity index (χ0n) is 11.6. The fourth-order valence-corrected chi connectivity index (χ4v) is 2.68. The Morgan fingerprint density at radius 1 is 1.32 bits per heavy atom. The molecule has 0 bridgehead atoms. The minimum absolute atomic E-state index is 0.278. The van der Waals surface area contributed by atoms with Crippen LogP contribution in [0.1, 0.15) is 23.6 Å². The summed E-state index contributed by atoms with van der Waals surface area (Å²) < 4.78 is 5.37. The van der Waals surface area contributed by atoms with Crippen molar-refractivity contribution in [3.8, 4) is 0 Å². The van der Waals surface area contributed by atoms with Gasteiger partial charge in [-0.1, -0.05) is 6.07 Å². The second kappa shape index (κ2) is 7.48. The minimum atomic E-state index is 0.278. The lowest BCUT2D eigenvalue weighted by Crippen LogP contribution is -2.31. The van der Waals surface area contributed by atoms with E-state index in [-0.39, 0.29) is 6.04 Å². The van der Waals surface area contributed by atoms with Crippen molar-refractivity contribution < 1.29 is 4.42 Å². The second-order valence-electron chi connectivity index (χ2n) is 4.82. The molecule has 19 heavy (non-hydrogen) atoms. The van der Waals surface area contributed by atoms with Crippen LogP contribution in [0.4, 0.5) is 0 Å². The van der Waals surface area contributed by atoms with Crippen LogP contribution in [-0.4, -0.2) is 31.6 Å². The molecule has 0 amide bonds. The van der Waals surface area contributed by atoms with Crippen molar-refractivity contribution in [2.45, 2.75) is 19.4 Å². The van der Waals surface area contributed by atoms with Crippen LogP contribution in [0.5, 0.6) is 0 Å². The smallest absolute Gasteiger partial charge is 0.120 e. The average molecular weight is 278 g/mol. The molecule has 1 atom stereocenters. The van der Waals surface area contributed by atoms with Crippen molar-refractivity contribution >= 4 is 11.3 Å². The molecule has 2 aromatic heterocycles. The zero-order valence-corrected chi connectivity index (χ0v) is 12.5. The Labute approximate surface area is 119 Å². The first kappa shape index (κ1) is 14.3.